The molecule has 38 heteroatoms. The maximum absolute atomic E-state index is 14.1. The highest BCUT2D eigenvalue weighted by Crippen LogP contribution is 2.57. The second-order valence-corrected chi connectivity index (χ2v) is 38.2. The molecule has 0 radical (unpaired) electrons. The van der Waals surface area contributed by atoms with Gasteiger partial charge in [0.25, 0.3) is 15.6 Å². The first-order valence-electron chi connectivity index (χ1n) is 45.9. The zero-order valence-corrected chi connectivity index (χ0v) is 82.9. The quantitative estimate of drug-likeness (QED) is 0.0252. The van der Waals surface area contributed by atoms with Gasteiger partial charge in [-0.2, -0.15) is 0 Å². The van der Waals surface area contributed by atoms with E-state index in [1.807, 2.05) is 6.92 Å². The molecule has 133 heavy (non-hydrogen) atoms. The first kappa shape index (κ1) is 121. The number of carbonyl (C=O) groups excluding carboxylic acids is 10. The van der Waals surface area contributed by atoms with Crippen LogP contribution < -0.4 is 68.1 Å². The lowest BCUT2D eigenvalue weighted by molar-refractivity contribution is -0.438. The zero-order chi connectivity index (χ0) is 100. The number of quaternary nitrogens is 1. The molecule has 0 spiro atoms. The van der Waals surface area contributed by atoms with Gasteiger partial charge in [-0.15, -0.1) is 0 Å². The van der Waals surface area contributed by atoms with Crippen LogP contribution in [0.2, 0.25) is 0 Å². The van der Waals surface area contributed by atoms with Crippen molar-refractivity contribution >= 4 is 74.9 Å². The van der Waals surface area contributed by atoms with E-state index in [1.165, 1.54) is 63.2 Å². The van der Waals surface area contributed by atoms with Crippen LogP contribution in [0.5, 0.6) is 0 Å². The second kappa shape index (κ2) is 63.9. The molecule has 2 heterocycles. The van der Waals surface area contributed by atoms with Gasteiger partial charge in [-0.1, -0.05) is 128 Å². The molecule has 14 N–H and O–H groups in total. The summed E-state index contributed by atoms with van der Waals surface area (Å²) in [5, 5.41) is 93.6. The third kappa shape index (κ3) is 51.5. The largest absolute Gasteiger partial charge is 0.756 e. The fourth-order valence-corrected chi connectivity index (χ4v) is 16.2. The molecule has 2 rings (SSSR count). The Labute approximate surface area is 785 Å². The predicted molar refractivity (Wildman–Crippen MR) is 492 cm³/mol. The number of carboxylic acid groups (broad SMARTS) is 3. The molecule has 2 unspecified atom stereocenters. The van der Waals surface area contributed by atoms with Gasteiger partial charge in [0.1, 0.15) is 79.0 Å². The smallest absolute Gasteiger partial charge is 0.276 e. The molecule has 0 bridgehead atoms. The standard InChI is InChI=1S/C95H156N8O28P2/c1-58(2)30-19-31-59(3)32-20-33-60(4)34-21-35-61(5)36-22-37-62(6)38-23-39-63(7)40-24-41-64(8)42-25-43-65(9)44-26-45-66(10)46-27-47-67(11)48-28-49-68(12)54-55-125-132(121,122)131-133(123,124)130-95-82(101-74(18)107)86(85(79(57-105)128-95)129-94-81(100-73(17)106)84(110)83(109)78(56-104)127-94)126-72(16)89(113)97-70(14)88(112)103-77(93(119)120)52-53-80(108)102-76(51-29-50-75(96)92(117)118)90(114)98-69(13)87(111)99-71(15)91(115)116/h30,32,34,36,38,40,42,44,46,48,54,69-72,75-79,81-86,94-95,104-105,109-110H,19-29,31,33,35,37,39,41,43,45,47,49-53,55-57,96H2,1-18H3,(H,97,113)(H,98,114)(H,99,111)(H,100,106)(H,101,107)(H,102,108)(H,103,112)(H,115,116)(H,117,118)(H,119,120)(H,121,122)(H,123,124)/p-4/b59-32+,60-34+,61-36-,62-38-,63-40-,64-42-,65-44-,66-46-,67-48-,68-54-/t69-,70+,71-,72-,75-,76+,77-,78-,79-,81-,82-,83-,84-,85-,86-,94+,95-/m1/s1. The molecule has 0 saturated carbocycles. The molecule has 19 atom stereocenters. The molecule has 2 saturated heterocycles. The normalized spacial score (nSPS) is 22.4. The molecular formula is C95H152N8O28P2-4. The van der Waals surface area contributed by atoms with E-state index in [9.17, 15) is 103 Å². The minimum absolute atomic E-state index is 0.0692. The number of aliphatic carboxylic acids is 3. The van der Waals surface area contributed by atoms with Crippen molar-refractivity contribution in [3.05, 3.63) is 128 Å². The molecule has 754 valence electrons. The summed E-state index contributed by atoms with van der Waals surface area (Å²) in [6.45, 7) is 29.2. The van der Waals surface area contributed by atoms with Crippen molar-refractivity contribution in [3.63, 3.8) is 0 Å². The molecule has 0 aliphatic carbocycles. The molecule has 0 aromatic rings. The number of rotatable bonds is 64. The maximum Gasteiger partial charge on any atom is 0.276 e. The van der Waals surface area contributed by atoms with Crippen LogP contribution in [0.15, 0.2) is 128 Å². The fourth-order valence-electron chi connectivity index (χ4n) is 14.2. The molecule has 0 aromatic heterocycles. The Bertz CT molecular complexity index is 4220. The lowest BCUT2D eigenvalue weighted by atomic mass is 9.94. The molecular weight excluding hydrogens is 1760 g/mol. The number of amides is 7. The number of hydrogen-bond donors (Lipinski definition) is 12. The Balaban J connectivity index is 2.11. The Morgan fingerprint density at radius 2 is 0.782 bits per heavy atom. The predicted octanol–water partition coefficient (Wildman–Crippen LogP) is 5.82. The van der Waals surface area contributed by atoms with Crippen molar-refractivity contribution in [1.29, 1.82) is 0 Å². The summed E-state index contributed by atoms with van der Waals surface area (Å²) in [6.07, 6.45) is 24.5. The number of aliphatic hydroxyl groups is 4. The Morgan fingerprint density at radius 3 is 1.17 bits per heavy atom. The number of phosphoric ester groups is 2. The summed E-state index contributed by atoms with van der Waals surface area (Å²) in [7, 11) is -12.2. The van der Waals surface area contributed by atoms with Crippen LogP contribution in [-0.2, 0) is 89.4 Å². The van der Waals surface area contributed by atoms with E-state index in [0.717, 1.165) is 156 Å². The van der Waals surface area contributed by atoms with Crippen LogP contribution in [0, 0.1) is 0 Å². The zero-order valence-electron chi connectivity index (χ0n) is 81.2. The fraction of sp³-hybridized carbons (Fsp3) is 0.663. The van der Waals surface area contributed by atoms with Crippen molar-refractivity contribution in [2.24, 2.45) is 0 Å². The summed E-state index contributed by atoms with van der Waals surface area (Å²) < 4.78 is 65.3. The van der Waals surface area contributed by atoms with E-state index in [4.69, 9.17) is 28.0 Å². The van der Waals surface area contributed by atoms with E-state index in [0.29, 0.717) is 18.4 Å². The third-order valence-electron chi connectivity index (χ3n) is 22.4. The molecule has 2 aliphatic rings. The van der Waals surface area contributed by atoms with Gasteiger partial charge in [-0.05, 0) is 258 Å². The van der Waals surface area contributed by atoms with Gasteiger partial charge >= 0.3 is 0 Å². The van der Waals surface area contributed by atoms with Gasteiger partial charge in [0.2, 0.25) is 41.4 Å². The monoisotopic (exact) mass is 1920 g/mol. The van der Waals surface area contributed by atoms with Crippen molar-refractivity contribution in [3.8, 4) is 0 Å². The lowest BCUT2D eigenvalue weighted by Gasteiger charge is -2.50. The van der Waals surface area contributed by atoms with Crippen LogP contribution in [0.4, 0.5) is 0 Å². The van der Waals surface area contributed by atoms with Crippen LogP contribution >= 0.6 is 15.6 Å². The van der Waals surface area contributed by atoms with Crippen LogP contribution in [0.1, 0.15) is 285 Å². The average molecular weight is 1920 g/mol. The number of carbonyl (C=O) groups is 10. The van der Waals surface area contributed by atoms with Crippen LogP contribution in [0.25, 0.3) is 0 Å². The Kier molecular flexibility index (Phi) is 58.1. The summed E-state index contributed by atoms with van der Waals surface area (Å²) in [6, 6.07) is -13.2. The van der Waals surface area contributed by atoms with Gasteiger partial charge in [0.15, 0.2) is 12.6 Å². The molecule has 2 fully saturated rings. The highest BCUT2D eigenvalue weighted by atomic mass is 31.3. The minimum atomic E-state index is -6.29. The van der Waals surface area contributed by atoms with Gasteiger partial charge in [0, 0.05) is 26.7 Å². The number of carboxylic acids is 3. The average Bonchev–Trinajstić information content (AvgIpc) is 0.765. The maximum atomic E-state index is 14.1. The van der Waals surface area contributed by atoms with Crippen LogP contribution in [-0.4, -0.2) is 203 Å². The first-order valence-corrected chi connectivity index (χ1v) is 48.9. The summed E-state index contributed by atoms with van der Waals surface area (Å²) in [5.41, 5.74) is 18.0. The lowest BCUT2D eigenvalue weighted by Crippen LogP contribution is -2.70. The van der Waals surface area contributed by atoms with Crippen molar-refractivity contribution in [1.82, 2.24) is 37.2 Å². The van der Waals surface area contributed by atoms with E-state index in [1.54, 1.807) is 6.92 Å². The summed E-state index contributed by atoms with van der Waals surface area (Å²) >= 11 is 0. The first-order chi connectivity index (χ1) is 62.4. The van der Waals surface area contributed by atoms with Crippen LogP contribution in [0.3, 0.4) is 0 Å². The van der Waals surface area contributed by atoms with Gasteiger partial charge in [-0.3, -0.25) is 47.2 Å². The topological polar surface area (TPSA) is 578 Å². The van der Waals surface area contributed by atoms with Crippen molar-refractivity contribution in [2.75, 3.05) is 19.8 Å². The van der Waals surface area contributed by atoms with Gasteiger partial charge < -0.3 is 126 Å². The SMILES string of the molecule is CC(=O)N[C@H]1[C@H](O[C@H]2[C@H](O[C@H](C)C(=O)N[C@@H](C)C(=O)N[C@H](CCC(=O)N[C@@H](CCC[C@@H]([NH3+])C(=O)[O-])C(=O)N[C@H](C)C(=O)N[C@H](C)C(=O)[O-])C(=O)[O-])[C@@H](NC(C)=O)[C@@H](OP(=O)([O-])OP(=O)([O-])OC/C=C(/C)CC/C=C(/C)CC/C=C(/C)CC/C=C(/C)CC/C=C(/C)CC/C=C(/C)CC/C=C(/C)CC/C=C(/C)CC/C=C(\C)CC/C=C(\C)CCC=C(C)C)O[C@@H]2CO)O[C@H](CO)[C@@H](O)[C@@H]1O. The van der Waals surface area contributed by atoms with E-state index < -0.39 is 211 Å². The Morgan fingerprint density at radius 1 is 0.406 bits per heavy atom. The summed E-state index contributed by atoms with van der Waals surface area (Å²) in [5.74, 6) is -12.5. The third-order valence-corrected chi connectivity index (χ3v) is 25.0. The van der Waals surface area contributed by atoms with Gasteiger partial charge in [0.05, 0.1) is 49.8 Å². The molecule has 36 nitrogen and oxygen atoms in total. The number of allylic oxidation sites excluding steroid dienone is 21. The van der Waals surface area contributed by atoms with E-state index >= 15 is 0 Å². The second-order valence-electron chi connectivity index (χ2n) is 35.3. The molecule has 7 amide bonds. The number of ether oxygens (including phenoxy) is 4. The van der Waals surface area contributed by atoms with E-state index in [2.05, 4.69) is 177 Å². The number of aliphatic hydroxyl groups excluding tert-OH is 4. The number of phosphoric acid groups is 2. The van der Waals surface area contributed by atoms with Crippen molar-refractivity contribution < 1.29 is 141 Å². The highest BCUT2D eigenvalue weighted by molar-refractivity contribution is 7.59. The van der Waals surface area contributed by atoms with Crippen molar-refractivity contribution in [2.45, 2.75) is 389 Å². The van der Waals surface area contributed by atoms with Gasteiger partial charge in [-0.25, -0.2) is 4.31 Å². The van der Waals surface area contributed by atoms with E-state index in [-0.39, 0.29) is 19.3 Å². The summed E-state index contributed by atoms with van der Waals surface area (Å²) in [4.78, 5) is 155. The minimum Gasteiger partial charge on any atom is -0.756 e. The molecule has 2 aliphatic heterocycles. The number of nitrogens with one attached hydrogen (secondary N) is 7. The molecule has 0 aromatic carbocycles. The highest BCUT2D eigenvalue weighted by Gasteiger charge is 2.54. The number of hydrogen-bond acceptors (Lipinski definition) is 28. The Hall–Kier alpha value is -8.26.